The predicted octanol–water partition coefficient (Wildman–Crippen LogP) is 7.69. The van der Waals surface area contributed by atoms with Crippen molar-refractivity contribution in [3.63, 3.8) is 0 Å². The molecule has 7 nitrogen and oxygen atoms in total. The average molecular weight is 553 g/mol. The molecular weight excluding hydrogens is 516 g/mol. The molecule has 4 rings (SSSR count). The van der Waals surface area contributed by atoms with Crippen LogP contribution in [0.5, 0.6) is 23.0 Å². The van der Waals surface area contributed by atoms with Crippen LogP contribution in [0.15, 0.2) is 97.1 Å². The molecule has 0 saturated carbocycles. The van der Waals surface area contributed by atoms with Crippen molar-refractivity contribution in [1.29, 1.82) is 0 Å². The molecule has 0 bridgehead atoms. The molecule has 0 aliphatic heterocycles. The van der Waals surface area contributed by atoms with Crippen molar-refractivity contribution in [2.45, 2.75) is 52.7 Å². The maximum absolute atomic E-state index is 12.8. The van der Waals surface area contributed by atoms with Gasteiger partial charge in [0, 0.05) is 11.4 Å². The van der Waals surface area contributed by atoms with Gasteiger partial charge < -0.3 is 24.8 Å². The first-order valence-electron chi connectivity index (χ1n) is 13.8. The third-order valence-electron chi connectivity index (χ3n) is 6.40. The third kappa shape index (κ3) is 8.60. The van der Waals surface area contributed by atoms with Crippen molar-refractivity contribution < 1.29 is 23.8 Å². The second-order valence-electron chi connectivity index (χ2n) is 9.78. The molecule has 0 aromatic heterocycles. The van der Waals surface area contributed by atoms with Crippen molar-refractivity contribution >= 4 is 23.2 Å². The summed E-state index contributed by atoms with van der Waals surface area (Å²) in [5.41, 5.74) is 3.55. The Morgan fingerprint density at radius 3 is 1.17 bits per heavy atom. The minimum Gasteiger partial charge on any atom is -0.481 e. The Morgan fingerprint density at radius 2 is 0.854 bits per heavy atom. The van der Waals surface area contributed by atoms with Crippen LogP contribution in [0.3, 0.4) is 0 Å². The van der Waals surface area contributed by atoms with Gasteiger partial charge in [0.2, 0.25) is 0 Å². The predicted molar refractivity (Wildman–Crippen MR) is 162 cm³/mol. The van der Waals surface area contributed by atoms with E-state index in [4.69, 9.17) is 14.2 Å². The van der Waals surface area contributed by atoms with E-state index in [1.54, 1.807) is 48.5 Å². The van der Waals surface area contributed by atoms with E-state index in [0.717, 1.165) is 11.1 Å². The van der Waals surface area contributed by atoms with Crippen LogP contribution in [-0.2, 0) is 9.59 Å². The largest absolute Gasteiger partial charge is 0.481 e. The Labute approximate surface area is 241 Å². The number of amides is 2. The summed E-state index contributed by atoms with van der Waals surface area (Å²) >= 11 is 0. The maximum Gasteiger partial charge on any atom is 0.265 e. The highest BCUT2D eigenvalue weighted by atomic mass is 16.5. The molecule has 0 aliphatic carbocycles. The number of anilines is 2. The minimum absolute atomic E-state index is 0.214. The highest BCUT2D eigenvalue weighted by Crippen LogP contribution is 2.25. The van der Waals surface area contributed by atoms with Gasteiger partial charge in [0.1, 0.15) is 23.0 Å². The number of carbonyl (C=O) groups is 2. The van der Waals surface area contributed by atoms with E-state index < -0.39 is 12.2 Å². The zero-order valence-corrected chi connectivity index (χ0v) is 23.8. The molecule has 0 fully saturated rings. The number of nitrogens with one attached hydrogen (secondary N) is 2. The number of rotatable bonds is 12. The van der Waals surface area contributed by atoms with Gasteiger partial charge in [0.15, 0.2) is 12.2 Å². The average Bonchev–Trinajstić information content (AvgIpc) is 2.98. The zero-order chi connectivity index (χ0) is 29.2. The first kappa shape index (κ1) is 29.2. The number of hydrogen-bond donors (Lipinski definition) is 2. The summed E-state index contributed by atoms with van der Waals surface area (Å²) < 4.78 is 17.7. The molecule has 0 spiro atoms. The first-order valence-corrected chi connectivity index (χ1v) is 13.8. The van der Waals surface area contributed by atoms with Gasteiger partial charge >= 0.3 is 0 Å². The number of aryl methyl sites for hydroxylation is 2. The molecular formula is C34H36N2O5. The second kappa shape index (κ2) is 14.0. The van der Waals surface area contributed by atoms with E-state index in [2.05, 4.69) is 10.6 Å². The van der Waals surface area contributed by atoms with Gasteiger partial charge in [-0.05, 0) is 99.5 Å². The zero-order valence-electron chi connectivity index (χ0n) is 23.8. The highest BCUT2D eigenvalue weighted by Gasteiger charge is 2.20. The molecule has 4 aromatic rings. The molecule has 212 valence electrons. The fourth-order valence-electron chi connectivity index (χ4n) is 4.00. The third-order valence-corrected chi connectivity index (χ3v) is 6.40. The minimum atomic E-state index is -0.602. The summed E-state index contributed by atoms with van der Waals surface area (Å²) in [6.07, 6.45) is -0.129. The lowest BCUT2D eigenvalue weighted by Crippen LogP contribution is -2.32. The summed E-state index contributed by atoms with van der Waals surface area (Å²) in [4.78, 5) is 25.5. The van der Waals surface area contributed by atoms with Crippen LogP contribution in [-0.4, -0.2) is 24.0 Å². The van der Waals surface area contributed by atoms with E-state index in [-0.39, 0.29) is 11.8 Å². The summed E-state index contributed by atoms with van der Waals surface area (Å²) in [5.74, 6) is 2.11. The molecule has 0 saturated heterocycles. The van der Waals surface area contributed by atoms with Gasteiger partial charge in [-0.15, -0.1) is 0 Å². The lowest BCUT2D eigenvalue weighted by Gasteiger charge is -2.18. The monoisotopic (exact) mass is 552 g/mol. The summed E-state index contributed by atoms with van der Waals surface area (Å²) in [5, 5.41) is 5.81. The number of carbonyl (C=O) groups excluding carboxylic acids is 2. The van der Waals surface area contributed by atoms with E-state index in [9.17, 15) is 9.59 Å². The Hall–Kier alpha value is -4.78. The number of benzene rings is 4. The second-order valence-corrected chi connectivity index (χ2v) is 9.78. The molecule has 2 unspecified atom stereocenters. The fourth-order valence-corrected chi connectivity index (χ4v) is 4.00. The van der Waals surface area contributed by atoms with E-state index >= 15 is 0 Å². The first-order chi connectivity index (χ1) is 19.8. The van der Waals surface area contributed by atoms with Gasteiger partial charge in [-0.25, -0.2) is 0 Å². The fraction of sp³-hybridized carbons (Fsp3) is 0.235. The van der Waals surface area contributed by atoms with Crippen LogP contribution >= 0.6 is 0 Å². The van der Waals surface area contributed by atoms with Crippen molar-refractivity contribution in [3.05, 3.63) is 108 Å². The Balaban J connectivity index is 1.28. The van der Waals surface area contributed by atoms with Crippen molar-refractivity contribution in [2.24, 2.45) is 0 Å². The van der Waals surface area contributed by atoms with Crippen molar-refractivity contribution in [3.8, 4) is 23.0 Å². The maximum atomic E-state index is 12.8. The van der Waals surface area contributed by atoms with Gasteiger partial charge in [-0.2, -0.15) is 0 Å². The molecule has 0 heterocycles. The summed E-state index contributed by atoms with van der Waals surface area (Å²) in [6.45, 7) is 7.83. The molecule has 4 aromatic carbocycles. The van der Waals surface area contributed by atoms with Crippen LogP contribution < -0.4 is 24.8 Å². The smallest absolute Gasteiger partial charge is 0.265 e. The van der Waals surface area contributed by atoms with Gasteiger partial charge in [0.05, 0.1) is 0 Å². The van der Waals surface area contributed by atoms with E-state index in [1.165, 1.54) is 0 Å². The van der Waals surface area contributed by atoms with Crippen LogP contribution in [0.4, 0.5) is 11.4 Å². The molecule has 0 radical (unpaired) electrons. The van der Waals surface area contributed by atoms with E-state index in [0.29, 0.717) is 47.2 Å². The molecule has 2 amide bonds. The standard InChI is InChI=1S/C34H36N2O5/c1-5-31(40-29-15-7-23(3)8-16-29)33(37)35-25-11-19-27(20-12-25)39-28-21-13-26(14-22-28)36-34(38)32(6-2)41-30-17-9-24(4)10-18-30/h7-22,31-32H,5-6H2,1-4H3,(H,35,37)(H,36,38). The topological polar surface area (TPSA) is 85.9 Å². The quantitative estimate of drug-likeness (QED) is 0.188. The number of hydrogen-bond acceptors (Lipinski definition) is 5. The Kier molecular flexibility index (Phi) is 9.99. The lowest BCUT2D eigenvalue weighted by atomic mass is 10.2. The molecule has 2 atom stereocenters. The van der Waals surface area contributed by atoms with Crippen LogP contribution in [0.25, 0.3) is 0 Å². The molecule has 7 heteroatoms. The van der Waals surface area contributed by atoms with Crippen molar-refractivity contribution in [2.75, 3.05) is 10.6 Å². The van der Waals surface area contributed by atoms with Crippen LogP contribution in [0.2, 0.25) is 0 Å². The Bertz CT molecular complexity index is 1310. The van der Waals surface area contributed by atoms with Gasteiger partial charge in [0.25, 0.3) is 11.8 Å². The van der Waals surface area contributed by atoms with Gasteiger partial charge in [-0.3, -0.25) is 9.59 Å². The molecule has 41 heavy (non-hydrogen) atoms. The van der Waals surface area contributed by atoms with E-state index in [1.807, 2.05) is 76.2 Å². The Morgan fingerprint density at radius 1 is 0.537 bits per heavy atom. The van der Waals surface area contributed by atoms with Crippen molar-refractivity contribution in [1.82, 2.24) is 0 Å². The lowest BCUT2D eigenvalue weighted by molar-refractivity contribution is -0.123. The van der Waals surface area contributed by atoms with Gasteiger partial charge in [-0.1, -0.05) is 49.2 Å². The molecule has 2 N–H and O–H groups in total. The summed E-state index contributed by atoms with van der Waals surface area (Å²) in [7, 11) is 0. The van der Waals surface area contributed by atoms with Crippen LogP contribution in [0.1, 0.15) is 37.8 Å². The molecule has 0 aliphatic rings. The highest BCUT2D eigenvalue weighted by molar-refractivity contribution is 5.95. The van der Waals surface area contributed by atoms with Crippen LogP contribution in [0, 0.1) is 13.8 Å². The normalized spacial score (nSPS) is 12.1. The SMILES string of the molecule is CCC(Oc1ccc(C)cc1)C(=O)Nc1ccc(Oc2ccc(NC(=O)C(CC)Oc3ccc(C)cc3)cc2)cc1. The summed E-state index contributed by atoms with van der Waals surface area (Å²) in [6, 6.07) is 29.5. The number of ether oxygens (including phenoxy) is 3.